The molecule has 2 aromatic rings. The fourth-order valence-electron chi connectivity index (χ4n) is 4.14. The van der Waals surface area contributed by atoms with E-state index in [9.17, 15) is 9.59 Å². The molecule has 0 bridgehead atoms. The Hall–Kier alpha value is -1.95. The summed E-state index contributed by atoms with van der Waals surface area (Å²) in [7, 11) is 0. The summed E-state index contributed by atoms with van der Waals surface area (Å²) in [6.45, 7) is 0.724. The molecular formula is C18H21N3O2S. The molecule has 2 fully saturated rings. The van der Waals surface area contributed by atoms with E-state index in [4.69, 9.17) is 12.2 Å². The Morgan fingerprint density at radius 3 is 2.58 bits per heavy atom. The van der Waals surface area contributed by atoms with E-state index in [1.165, 1.54) is 23.8 Å². The van der Waals surface area contributed by atoms with Gasteiger partial charge >= 0.3 is 0 Å². The minimum atomic E-state index is -0.465. The van der Waals surface area contributed by atoms with Crippen molar-refractivity contribution in [3.05, 3.63) is 39.4 Å². The molecule has 1 aromatic carbocycles. The van der Waals surface area contributed by atoms with Crippen molar-refractivity contribution in [3.63, 3.8) is 0 Å². The number of hydrogen-bond acceptors (Lipinski definition) is 3. The first-order valence-corrected chi connectivity index (χ1v) is 9.11. The highest BCUT2D eigenvalue weighted by Crippen LogP contribution is 2.30. The lowest BCUT2D eigenvalue weighted by Crippen LogP contribution is -2.40. The third-order valence-electron chi connectivity index (χ3n) is 5.38. The maximum atomic E-state index is 13.0. The maximum Gasteiger partial charge on any atom is 0.262 e. The third-order valence-corrected chi connectivity index (χ3v) is 5.67. The number of fused-ring (bicyclic) bond motifs is 1. The van der Waals surface area contributed by atoms with Crippen LogP contribution >= 0.6 is 12.2 Å². The molecule has 2 heterocycles. The van der Waals surface area contributed by atoms with Crippen molar-refractivity contribution in [2.75, 3.05) is 6.54 Å². The number of hydrogen-bond donors (Lipinski definition) is 1. The predicted molar refractivity (Wildman–Crippen MR) is 95.6 cm³/mol. The van der Waals surface area contributed by atoms with Crippen molar-refractivity contribution in [2.24, 2.45) is 0 Å². The second-order valence-electron chi connectivity index (χ2n) is 6.78. The number of aromatic amines is 1. The van der Waals surface area contributed by atoms with Gasteiger partial charge in [-0.3, -0.25) is 14.2 Å². The lowest BCUT2D eigenvalue weighted by Gasteiger charge is -2.31. The molecule has 0 radical (unpaired) electrons. The number of carbonyl (C=O) groups is 1. The highest BCUT2D eigenvalue weighted by molar-refractivity contribution is 7.71. The average molecular weight is 343 g/mol. The Morgan fingerprint density at radius 1 is 1.04 bits per heavy atom. The van der Waals surface area contributed by atoms with Crippen molar-refractivity contribution in [2.45, 2.75) is 50.6 Å². The molecule has 0 unspecified atom stereocenters. The number of nitrogens with zero attached hydrogens (tertiary/aromatic N) is 2. The van der Waals surface area contributed by atoms with Crippen molar-refractivity contribution < 1.29 is 4.79 Å². The quantitative estimate of drug-likeness (QED) is 0.852. The van der Waals surface area contributed by atoms with Gasteiger partial charge in [0, 0.05) is 12.6 Å². The fourth-order valence-corrected chi connectivity index (χ4v) is 4.46. The summed E-state index contributed by atoms with van der Waals surface area (Å²) in [5.41, 5.74) is 0.552. The highest BCUT2D eigenvalue weighted by atomic mass is 32.1. The lowest BCUT2D eigenvalue weighted by atomic mass is 9.94. The Morgan fingerprint density at radius 2 is 1.79 bits per heavy atom. The van der Waals surface area contributed by atoms with Gasteiger partial charge in [0.15, 0.2) is 4.77 Å². The van der Waals surface area contributed by atoms with Crippen LogP contribution in [0.4, 0.5) is 0 Å². The number of H-pyrrole nitrogens is 1. The minimum absolute atomic E-state index is 0.0544. The maximum absolute atomic E-state index is 13.0. The zero-order valence-corrected chi connectivity index (χ0v) is 14.3. The topological polar surface area (TPSA) is 58.1 Å². The first-order valence-electron chi connectivity index (χ1n) is 8.71. The van der Waals surface area contributed by atoms with Crippen LogP contribution in [0.15, 0.2) is 29.1 Å². The molecule has 1 aliphatic heterocycles. The molecule has 2 aliphatic rings. The van der Waals surface area contributed by atoms with Crippen molar-refractivity contribution >= 4 is 29.0 Å². The van der Waals surface area contributed by atoms with Crippen LogP contribution in [-0.4, -0.2) is 32.9 Å². The number of benzene rings is 1. The van der Waals surface area contributed by atoms with E-state index in [-0.39, 0.29) is 11.5 Å². The second kappa shape index (κ2) is 6.16. The van der Waals surface area contributed by atoms with Crippen LogP contribution in [0.25, 0.3) is 10.9 Å². The van der Waals surface area contributed by atoms with Gasteiger partial charge in [-0.15, -0.1) is 0 Å². The third kappa shape index (κ3) is 2.49. The molecule has 1 saturated heterocycles. The van der Waals surface area contributed by atoms with Crippen LogP contribution < -0.4 is 5.56 Å². The monoisotopic (exact) mass is 343 g/mol. The summed E-state index contributed by atoms with van der Waals surface area (Å²) >= 11 is 5.39. The molecule has 6 heteroatoms. The number of nitrogens with one attached hydrogen (secondary N) is 1. The summed E-state index contributed by atoms with van der Waals surface area (Å²) in [6, 6.07) is 7.18. The average Bonchev–Trinajstić information content (AvgIpc) is 2.97. The molecule has 126 valence electrons. The molecule has 1 aliphatic carbocycles. The van der Waals surface area contributed by atoms with Gasteiger partial charge in [-0.05, 0) is 43.6 Å². The number of para-hydroxylation sites is 1. The zero-order chi connectivity index (χ0) is 16.7. The van der Waals surface area contributed by atoms with Crippen molar-refractivity contribution in [3.8, 4) is 0 Å². The van der Waals surface area contributed by atoms with Gasteiger partial charge in [0.25, 0.3) is 5.56 Å². The van der Waals surface area contributed by atoms with Gasteiger partial charge in [0.1, 0.15) is 6.04 Å². The normalized spacial score (nSPS) is 22.4. The first-order chi connectivity index (χ1) is 11.7. The Bertz CT molecular complexity index is 895. The van der Waals surface area contributed by atoms with Crippen LogP contribution in [0.5, 0.6) is 0 Å². The van der Waals surface area contributed by atoms with Gasteiger partial charge in [-0.2, -0.15) is 0 Å². The summed E-state index contributed by atoms with van der Waals surface area (Å²) < 4.78 is 1.82. The van der Waals surface area contributed by atoms with E-state index in [1.54, 1.807) is 6.07 Å². The number of amides is 1. The molecule has 1 N–H and O–H groups in total. The van der Waals surface area contributed by atoms with Crippen LogP contribution in [0.3, 0.4) is 0 Å². The zero-order valence-electron chi connectivity index (χ0n) is 13.5. The Labute approximate surface area is 145 Å². The van der Waals surface area contributed by atoms with Crippen LogP contribution in [0.1, 0.15) is 44.6 Å². The minimum Gasteiger partial charge on any atom is -0.338 e. The second-order valence-corrected chi connectivity index (χ2v) is 7.17. The van der Waals surface area contributed by atoms with Gasteiger partial charge in [-0.25, -0.2) is 0 Å². The Kier molecular flexibility index (Phi) is 4.00. The molecular weight excluding hydrogens is 322 g/mol. The summed E-state index contributed by atoms with van der Waals surface area (Å²) in [5, 5.41) is 0.579. The van der Waals surface area contributed by atoms with E-state index in [1.807, 2.05) is 23.1 Å². The molecule has 1 saturated carbocycles. The summed E-state index contributed by atoms with van der Waals surface area (Å²) in [5.74, 6) is 0.0544. The number of rotatable bonds is 2. The van der Waals surface area contributed by atoms with Gasteiger partial charge in [0.2, 0.25) is 5.91 Å². The Balaban J connectivity index is 1.72. The number of carbonyl (C=O) groups excluding carboxylic acids is 1. The van der Waals surface area contributed by atoms with Gasteiger partial charge in [-0.1, -0.05) is 31.4 Å². The van der Waals surface area contributed by atoms with Gasteiger partial charge < -0.3 is 9.88 Å². The van der Waals surface area contributed by atoms with E-state index in [0.717, 1.165) is 24.9 Å². The smallest absolute Gasteiger partial charge is 0.262 e. The van der Waals surface area contributed by atoms with E-state index in [0.29, 0.717) is 22.6 Å². The molecule has 1 aromatic heterocycles. The summed E-state index contributed by atoms with van der Waals surface area (Å²) in [4.78, 5) is 30.9. The molecule has 0 spiro atoms. The van der Waals surface area contributed by atoms with Crippen molar-refractivity contribution in [1.29, 1.82) is 0 Å². The molecule has 1 amide bonds. The SMILES string of the molecule is O=C1[C@H](n2c(=S)[nH]c3ccccc3c2=O)CCN1C1CCCCC1. The number of likely N-dealkylation sites (tertiary alicyclic amines) is 1. The van der Waals surface area contributed by atoms with Crippen LogP contribution in [0.2, 0.25) is 0 Å². The molecule has 24 heavy (non-hydrogen) atoms. The van der Waals surface area contributed by atoms with Crippen LogP contribution in [-0.2, 0) is 4.79 Å². The highest BCUT2D eigenvalue weighted by Gasteiger charge is 2.38. The molecule has 4 rings (SSSR count). The number of aromatic nitrogens is 2. The van der Waals surface area contributed by atoms with E-state index >= 15 is 0 Å². The van der Waals surface area contributed by atoms with E-state index < -0.39 is 6.04 Å². The van der Waals surface area contributed by atoms with Crippen molar-refractivity contribution in [1.82, 2.24) is 14.5 Å². The summed E-state index contributed by atoms with van der Waals surface area (Å²) in [6.07, 6.45) is 6.46. The standard InChI is InChI=1S/C18H21N3O2S/c22-16-13-8-4-5-9-14(13)19-18(24)21(16)15-10-11-20(17(15)23)12-6-2-1-3-7-12/h4-5,8-9,12,15H,1-3,6-7,10-11H2,(H,19,24)/t15-/m1/s1. The van der Waals surface area contributed by atoms with Crippen LogP contribution in [0, 0.1) is 4.77 Å². The fraction of sp³-hybridized carbons (Fsp3) is 0.500. The predicted octanol–water partition coefficient (Wildman–Crippen LogP) is 3.17. The van der Waals surface area contributed by atoms with Gasteiger partial charge in [0.05, 0.1) is 10.9 Å². The molecule has 1 atom stereocenters. The lowest BCUT2D eigenvalue weighted by molar-refractivity contribution is -0.133. The first kappa shape index (κ1) is 15.6. The van der Waals surface area contributed by atoms with E-state index in [2.05, 4.69) is 4.98 Å². The largest absolute Gasteiger partial charge is 0.338 e. The molecule has 5 nitrogen and oxygen atoms in total.